The number of hydrogen-bond donors (Lipinski definition) is 1. The first kappa shape index (κ1) is 12.7. The van der Waals surface area contributed by atoms with Crippen LogP contribution < -0.4 is 9.47 Å². The molecule has 1 saturated carbocycles. The average molecular weight is 286 g/mol. The third-order valence-corrected chi connectivity index (χ3v) is 4.25. The Morgan fingerprint density at radius 3 is 3.00 bits per heavy atom. The molecule has 21 heavy (non-hydrogen) atoms. The molecule has 0 bridgehead atoms. The van der Waals surface area contributed by atoms with E-state index < -0.39 is 6.10 Å². The number of benzene rings is 1. The number of aliphatic hydroxyl groups excluding tert-OH is 1. The highest BCUT2D eigenvalue weighted by Crippen LogP contribution is 2.44. The zero-order valence-electron chi connectivity index (χ0n) is 11.9. The largest absolute Gasteiger partial charge is 0.497 e. The van der Waals surface area contributed by atoms with Crippen molar-refractivity contribution in [3.8, 4) is 11.5 Å². The van der Waals surface area contributed by atoms with Crippen LogP contribution in [0.15, 0.2) is 30.7 Å². The Bertz CT molecular complexity index is 663. The van der Waals surface area contributed by atoms with Crippen molar-refractivity contribution in [3.63, 3.8) is 0 Å². The molecule has 2 heterocycles. The average Bonchev–Trinajstić information content (AvgIpc) is 3.24. The Hall–Kier alpha value is -2.01. The second-order valence-corrected chi connectivity index (χ2v) is 5.72. The molecule has 4 rings (SSSR count). The van der Waals surface area contributed by atoms with Gasteiger partial charge in [-0.3, -0.25) is 0 Å². The maximum absolute atomic E-state index is 10.4. The van der Waals surface area contributed by atoms with E-state index >= 15 is 0 Å². The first-order valence-corrected chi connectivity index (χ1v) is 7.30. The van der Waals surface area contributed by atoms with E-state index in [4.69, 9.17) is 9.47 Å². The fourth-order valence-corrected chi connectivity index (χ4v) is 2.96. The van der Waals surface area contributed by atoms with Crippen molar-refractivity contribution >= 4 is 0 Å². The summed E-state index contributed by atoms with van der Waals surface area (Å²) in [6.07, 6.45) is 5.97. The molecule has 0 saturated heterocycles. The normalized spacial score (nSPS) is 24.3. The maximum atomic E-state index is 10.4. The molecular weight excluding hydrogens is 268 g/mol. The van der Waals surface area contributed by atoms with E-state index in [-0.39, 0.29) is 6.10 Å². The molecule has 0 radical (unpaired) electrons. The van der Waals surface area contributed by atoms with Crippen LogP contribution in [-0.4, -0.2) is 21.8 Å². The molecule has 1 aliphatic carbocycles. The highest BCUT2D eigenvalue weighted by molar-refractivity contribution is 5.43. The molecule has 110 valence electrons. The molecule has 5 nitrogen and oxygen atoms in total. The minimum Gasteiger partial charge on any atom is -0.497 e. The minimum absolute atomic E-state index is 0.149. The predicted octanol–water partition coefficient (Wildman–Crippen LogP) is 2.78. The fraction of sp³-hybridized carbons (Fsp3) is 0.438. The molecule has 2 atom stereocenters. The third-order valence-electron chi connectivity index (χ3n) is 4.25. The summed E-state index contributed by atoms with van der Waals surface area (Å²) in [4.78, 5) is 4.25. The number of imidazole rings is 1. The second-order valence-electron chi connectivity index (χ2n) is 5.72. The topological polar surface area (TPSA) is 56.5 Å². The Labute approximate surface area is 123 Å². The Morgan fingerprint density at radius 2 is 2.24 bits per heavy atom. The Morgan fingerprint density at radius 1 is 1.38 bits per heavy atom. The van der Waals surface area contributed by atoms with Gasteiger partial charge in [-0.25, -0.2) is 4.98 Å². The van der Waals surface area contributed by atoms with Crippen LogP contribution in [0, 0.1) is 0 Å². The van der Waals surface area contributed by atoms with Crippen molar-refractivity contribution in [3.05, 3.63) is 42.0 Å². The highest BCUT2D eigenvalue weighted by Gasteiger charge is 2.33. The van der Waals surface area contributed by atoms with E-state index in [0.717, 1.165) is 22.8 Å². The van der Waals surface area contributed by atoms with Gasteiger partial charge in [-0.15, -0.1) is 0 Å². The van der Waals surface area contributed by atoms with Crippen molar-refractivity contribution in [2.24, 2.45) is 0 Å². The summed E-state index contributed by atoms with van der Waals surface area (Å²) in [5.41, 5.74) is 1.85. The van der Waals surface area contributed by atoms with Gasteiger partial charge in [-0.2, -0.15) is 0 Å². The van der Waals surface area contributed by atoms with Crippen LogP contribution in [0.3, 0.4) is 0 Å². The number of fused-ring (bicyclic) bond motifs is 1. The van der Waals surface area contributed by atoms with Gasteiger partial charge in [0.15, 0.2) is 0 Å². The Balaban J connectivity index is 1.66. The first-order valence-electron chi connectivity index (χ1n) is 7.30. The molecule has 2 aliphatic rings. The summed E-state index contributed by atoms with van der Waals surface area (Å²) < 4.78 is 13.5. The zero-order valence-corrected chi connectivity index (χ0v) is 11.9. The lowest BCUT2D eigenvalue weighted by Crippen LogP contribution is -2.21. The molecule has 2 aromatic rings. The molecular formula is C16H18N2O3. The van der Waals surface area contributed by atoms with Crippen LogP contribution in [0.2, 0.25) is 0 Å². The number of nitrogens with zero attached hydrogens (tertiary/aromatic N) is 2. The molecule has 1 aromatic heterocycles. The second kappa shape index (κ2) is 4.77. The monoisotopic (exact) mass is 286 g/mol. The maximum Gasteiger partial charge on any atom is 0.143 e. The molecule has 1 unspecified atom stereocenters. The van der Waals surface area contributed by atoms with Gasteiger partial charge in [0.1, 0.15) is 17.6 Å². The number of hydrogen-bond acceptors (Lipinski definition) is 4. The summed E-state index contributed by atoms with van der Waals surface area (Å²) in [5.74, 6) is 1.46. The lowest BCUT2D eigenvalue weighted by Gasteiger charge is -2.30. The number of methoxy groups -OCH3 is 1. The summed E-state index contributed by atoms with van der Waals surface area (Å²) in [5, 5.41) is 10.4. The number of aromatic nitrogens is 2. The van der Waals surface area contributed by atoms with Crippen LogP contribution in [0.5, 0.6) is 11.5 Å². The smallest absolute Gasteiger partial charge is 0.143 e. The van der Waals surface area contributed by atoms with Crippen LogP contribution in [0.4, 0.5) is 0 Å². The van der Waals surface area contributed by atoms with Crippen molar-refractivity contribution < 1.29 is 14.6 Å². The van der Waals surface area contributed by atoms with Gasteiger partial charge in [0.2, 0.25) is 0 Å². The molecule has 5 heteroatoms. The predicted molar refractivity (Wildman–Crippen MR) is 76.4 cm³/mol. The highest BCUT2D eigenvalue weighted by atomic mass is 16.5. The molecule has 0 spiro atoms. The van der Waals surface area contributed by atoms with E-state index in [0.29, 0.717) is 12.5 Å². The van der Waals surface area contributed by atoms with Crippen molar-refractivity contribution in [1.82, 2.24) is 9.55 Å². The van der Waals surface area contributed by atoms with E-state index in [9.17, 15) is 5.11 Å². The number of aliphatic hydroxyl groups is 1. The van der Waals surface area contributed by atoms with Gasteiger partial charge in [0.25, 0.3) is 0 Å². The van der Waals surface area contributed by atoms with Crippen LogP contribution in [0.25, 0.3) is 0 Å². The standard InChI is InChI=1S/C16H18N2O3/c1-20-11-4-5-15-12(6-11)14(19)7-16(21-15)13-8-17-9-18(13)10-2-3-10/h4-6,8-10,14,16,19H,2-3,7H2,1H3/t14-,16?/m0/s1. The fourth-order valence-electron chi connectivity index (χ4n) is 2.96. The van der Waals surface area contributed by atoms with Crippen LogP contribution in [0.1, 0.15) is 48.8 Å². The van der Waals surface area contributed by atoms with Gasteiger partial charge in [-0.05, 0) is 31.0 Å². The van der Waals surface area contributed by atoms with Crippen molar-refractivity contribution in [2.75, 3.05) is 7.11 Å². The summed E-state index contributed by atoms with van der Waals surface area (Å²) in [7, 11) is 1.62. The molecule has 1 aromatic carbocycles. The molecule has 1 N–H and O–H groups in total. The summed E-state index contributed by atoms with van der Waals surface area (Å²) >= 11 is 0. The summed E-state index contributed by atoms with van der Waals surface area (Å²) in [6.45, 7) is 0. The lowest BCUT2D eigenvalue weighted by molar-refractivity contribution is 0.0615. The molecule has 1 fully saturated rings. The van der Waals surface area contributed by atoms with Gasteiger partial charge in [-0.1, -0.05) is 0 Å². The Kier molecular flexibility index (Phi) is 2.89. The molecule has 0 amide bonds. The zero-order chi connectivity index (χ0) is 14.4. The van der Waals surface area contributed by atoms with E-state index in [1.807, 2.05) is 30.7 Å². The van der Waals surface area contributed by atoms with Gasteiger partial charge in [0, 0.05) is 18.0 Å². The van der Waals surface area contributed by atoms with Crippen molar-refractivity contribution in [1.29, 1.82) is 0 Å². The third kappa shape index (κ3) is 2.17. The number of ether oxygens (including phenoxy) is 2. The van der Waals surface area contributed by atoms with Crippen molar-refractivity contribution in [2.45, 2.75) is 37.5 Å². The van der Waals surface area contributed by atoms with Gasteiger partial charge < -0.3 is 19.1 Å². The minimum atomic E-state index is -0.545. The molecule has 1 aliphatic heterocycles. The number of rotatable bonds is 3. The SMILES string of the molecule is COc1ccc2c(c1)[C@@H](O)CC(c1cncn1C1CC1)O2. The first-order chi connectivity index (χ1) is 10.3. The van der Waals surface area contributed by atoms with Crippen LogP contribution in [-0.2, 0) is 0 Å². The van der Waals surface area contributed by atoms with Gasteiger partial charge in [0.05, 0.1) is 31.4 Å². The summed E-state index contributed by atoms with van der Waals surface area (Å²) in [6, 6.07) is 6.11. The quantitative estimate of drug-likeness (QED) is 0.942. The van der Waals surface area contributed by atoms with Crippen LogP contribution >= 0.6 is 0 Å². The van der Waals surface area contributed by atoms with E-state index in [1.54, 1.807) is 7.11 Å². The lowest BCUT2D eigenvalue weighted by atomic mass is 9.97. The van der Waals surface area contributed by atoms with E-state index in [2.05, 4.69) is 9.55 Å². The van der Waals surface area contributed by atoms with E-state index in [1.165, 1.54) is 12.8 Å². The van der Waals surface area contributed by atoms with Gasteiger partial charge >= 0.3 is 0 Å².